The number of aliphatic carboxylic acids is 1. The molecule has 1 heterocycles. The van der Waals surface area contributed by atoms with Crippen molar-refractivity contribution in [3.63, 3.8) is 0 Å². The Morgan fingerprint density at radius 1 is 1.00 bits per heavy atom. The average Bonchev–Trinajstić information content (AvgIpc) is 3.23. The van der Waals surface area contributed by atoms with Crippen molar-refractivity contribution in [3.05, 3.63) is 106 Å². The molecule has 0 saturated heterocycles. The van der Waals surface area contributed by atoms with E-state index in [-0.39, 0.29) is 12.3 Å². The van der Waals surface area contributed by atoms with Crippen LogP contribution in [-0.4, -0.2) is 16.1 Å². The molecule has 0 aliphatic heterocycles. The molecule has 0 bridgehead atoms. The van der Waals surface area contributed by atoms with Crippen LogP contribution in [0.1, 0.15) is 39.7 Å². The van der Waals surface area contributed by atoms with Gasteiger partial charge in [-0.1, -0.05) is 60.2 Å². The van der Waals surface area contributed by atoms with Gasteiger partial charge in [0.1, 0.15) is 17.4 Å². The molecule has 0 radical (unpaired) electrons. The van der Waals surface area contributed by atoms with Crippen molar-refractivity contribution >= 4 is 17.3 Å². The zero-order valence-corrected chi connectivity index (χ0v) is 18.9. The lowest BCUT2D eigenvalue weighted by molar-refractivity contribution is -0.137. The highest BCUT2D eigenvalue weighted by molar-refractivity contribution is 7.09. The minimum Gasteiger partial charge on any atom is -0.489 e. The van der Waals surface area contributed by atoms with E-state index in [9.17, 15) is 9.90 Å². The number of hydrogen-bond donors (Lipinski definition) is 1. The zero-order valence-electron chi connectivity index (χ0n) is 18.1. The second-order valence-electron chi connectivity index (χ2n) is 7.90. The first kappa shape index (κ1) is 21.8. The van der Waals surface area contributed by atoms with Gasteiger partial charge in [-0.15, -0.1) is 11.3 Å². The number of carboxylic acids is 1. The monoisotopic (exact) mass is 443 g/mol. The van der Waals surface area contributed by atoms with E-state index < -0.39 is 5.97 Å². The molecule has 162 valence electrons. The minimum atomic E-state index is -0.836. The van der Waals surface area contributed by atoms with E-state index in [4.69, 9.17) is 4.74 Å². The van der Waals surface area contributed by atoms with Gasteiger partial charge < -0.3 is 9.84 Å². The zero-order chi connectivity index (χ0) is 22.5. The van der Waals surface area contributed by atoms with Gasteiger partial charge in [-0.25, -0.2) is 4.98 Å². The lowest BCUT2D eigenvalue weighted by atomic mass is 9.96. The molecule has 1 atom stereocenters. The second-order valence-corrected chi connectivity index (χ2v) is 8.79. The average molecular weight is 444 g/mol. The Bertz CT molecular complexity index is 1200. The molecule has 32 heavy (non-hydrogen) atoms. The molecular formula is C27H25NO3S. The Kier molecular flexibility index (Phi) is 6.66. The molecule has 0 spiro atoms. The van der Waals surface area contributed by atoms with Gasteiger partial charge in [-0.05, 0) is 54.3 Å². The first-order chi connectivity index (χ1) is 15.5. The highest BCUT2D eigenvalue weighted by Gasteiger charge is 2.21. The molecule has 5 heteroatoms. The summed E-state index contributed by atoms with van der Waals surface area (Å²) >= 11 is 1.50. The summed E-state index contributed by atoms with van der Waals surface area (Å²) in [6.45, 7) is 4.47. The fourth-order valence-corrected chi connectivity index (χ4v) is 4.53. The molecule has 0 fully saturated rings. The van der Waals surface area contributed by atoms with Gasteiger partial charge in [0.2, 0.25) is 0 Å². The van der Waals surface area contributed by atoms with Crippen molar-refractivity contribution in [3.8, 4) is 16.9 Å². The van der Waals surface area contributed by atoms with Crippen LogP contribution in [0.4, 0.5) is 0 Å². The molecule has 1 N–H and O–H groups in total. The van der Waals surface area contributed by atoms with Gasteiger partial charge in [-0.3, -0.25) is 4.79 Å². The molecule has 0 aliphatic rings. The third-order valence-corrected chi connectivity index (χ3v) is 6.39. The largest absolute Gasteiger partial charge is 0.489 e. The van der Waals surface area contributed by atoms with Crippen LogP contribution in [0.15, 0.2) is 78.2 Å². The summed E-state index contributed by atoms with van der Waals surface area (Å²) < 4.78 is 6.00. The van der Waals surface area contributed by atoms with Crippen LogP contribution in [0.5, 0.6) is 5.75 Å². The first-order valence-electron chi connectivity index (χ1n) is 10.5. The third kappa shape index (κ3) is 5.42. The Hall–Kier alpha value is -3.44. The predicted octanol–water partition coefficient (Wildman–Crippen LogP) is 6.61. The van der Waals surface area contributed by atoms with Crippen LogP contribution < -0.4 is 4.74 Å². The van der Waals surface area contributed by atoms with E-state index in [1.165, 1.54) is 22.5 Å². The number of nitrogens with zero attached hydrogens (tertiary/aromatic N) is 1. The quantitative estimate of drug-likeness (QED) is 0.333. The van der Waals surface area contributed by atoms with Crippen LogP contribution in [0.2, 0.25) is 0 Å². The molecule has 0 aliphatic carbocycles. The maximum Gasteiger partial charge on any atom is 0.304 e. The molecule has 3 aromatic carbocycles. The van der Waals surface area contributed by atoms with E-state index in [1.54, 1.807) is 0 Å². The Morgan fingerprint density at radius 2 is 1.75 bits per heavy atom. The Balaban J connectivity index is 1.45. The van der Waals surface area contributed by atoms with Gasteiger partial charge in [-0.2, -0.15) is 0 Å². The van der Waals surface area contributed by atoms with E-state index in [1.807, 2.05) is 42.6 Å². The molecule has 4 aromatic rings. The number of rotatable bonds is 8. The highest BCUT2D eigenvalue weighted by Crippen LogP contribution is 2.31. The van der Waals surface area contributed by atoms with Crippen molar-refractivity contribution in [1.29, 1.82) is 0 Å². The predicted molar refractivity (Wildman–Crippen MR) is 128 cm³/mol. The number of aromatic nitrogens is 1. The summed E-state index contributed by atoms with van der Waals surface area (Å²) in [7, 11) is 0. The summed E-state index contributed by atoms with van der Waals surface area (Å²) in [6, 6.07) is 24.5. The van der Waals surface area contributed by atoms with Crippen molar-refractivity contribution in [2.75, 3.05) is 0 Å². The second kappa shape index (κ2) is 9.79. The SMILES string of the molecule is Cc1ccc(-c2cccc(COc3ccc(C(CC(=O)O)c4nc(C)cs4)cc3)c2)cc1. The third-order valence-electron chi connectivity index (χ3n) is 5.31. The summed E-state index contributed by atoms with van der Waals surface area (Å²) in [6.07, 6.45) is 0.0129. The fourth-order valence-electron chi connectivity index (χ4n) is 3.60. The van der Waals surface area contributed by atoms with Crippen molar-refractivity contribution in [1.82, 2.24) is 4.98 Å². The van der Waals surface area contributed by atoms with E-state index in [0.29, 0.717) is 6.61 Å². The number of carbonyl (C=O) groups is 1. The number of carboxylic acid groups (broad SMARTS) is 1. The van der Waals surface area contributed by atoms with E-state index in [0.717, 1.165) is 33.1 Å². The molecule has 0 amide bonds. The summed E-state index contributed by atoms with van der Waals surface area (Å²) in [5, 5.41) is 12.1. The van der Waals surface area contributed by atoms with Gasteiger partial charge in [0, 0.05) is 17.0 Å². The lowest BCUT2D eigenvalue weighted by Gasteiger charge is -2.14. The van der Waals surface area contributed by atoms with Crippen LogP contribution >= 0.6 is 11.3 Å². The summed E-state index contributed by atoms with van der Waals surface area (Å²) in [4.78, 5) is 15.9. The van der Waals surface area contributed by atoms with E-state index >= 15 is 0 Å². The molecule has 4 rings (SSSR count). The Morgan fingerprint density at radius 3 is 2.41 bits per heavy atom. The number of aryl methyl sites for hydroxylation is 2. The standard InChI is InChI=1S/C27H25NO3S/c1-18-6-8-21(9-7-18)23-5-3-4-20(14-23)16-31-24-12-10-22(11-13-24)25(15-26(29)30)27-28-19(2)17-32-27/h3-14,17,25H,15-16H2,1-2H3,(H,29,30). The molecular weight excluding hydrogens is 418 g/mol. The molecule has 4 nitrogen and oxygen atoms in total. The lowest BCUT2D eigenvalue weighted by Crippen LogP contribution is -2.08. The fraction of sp³-hybridized carbons (Fsp3) is 0.185. The van der Waals surface area contributed by atoms with Crippen LogP contribution in [0.25, 0.3) is 11.1 Å². The first-order valence-corrected chi connectivity index (χ1v) is 11.4. The van der Waals surface area contributed by atoms with Crippen LogP contribution in [0, 0.1) is 13.8 Å². The number of benzene rings is 3. The van der Waals surface area contributed by atoms with Crippen LogP contribution in [-0.2, 0) is 11.4 Å². The Labute approximate surface area is 192 Å². The maximum absolute atomic E-state index is 11.4. The topological polar surface area (TPSA) is 59.4 Å². The number of thiazole rings is 1. The van der Waals surface area contributed by atoms with Gasteiger partial charge in [0.25, 0.3) is 0 Å². The smallest absolute Gasteiger partial charge is 0.304 e. The van der Waals surface area contributed by atoms with Crippen LogP contribution in [0.3, 0.4) is 0 Å². The van der Waals surface area contributed by atoms with Gasteiger partial charge in [0.15, 0.2) is 0 Å². The molecule has 0 saturated carbocycles. The maximum atomic E-state index is 11.4. The minimum absolute atomic E-state index is 0.0129. The van der Waals surface area contributed by atoms with Gasteiger partial charge in [0.05, 0.1) is 6.42 Å². The molecule has 1 aromatic heterocycles. The number of hydrogen-bond acceptors (Lipinski definition) is 4. The highest BCUT2D eigenvalue weighted by atomic mass is 32.1. The summed E-state index contributed by atoms with van der Waals surface area (Å²) in [5.41, 5.74) is 6.52. The van der Waals surface area contributed by atoms with Crippen molar-refractivity contribution in [2.24, 2.45) is 0 Å². The molecule has 1 unspecified atom stereocenters. The van der Waals surface area contributed by atoms with Crippen molar-refractivity contribution in [2.45, 2.75) is 32.8 Å². The van der Waals surface area contributed by atoms with E-state index in [2.05, 4.69) is 54.4 Å². The van der Waals surface area contributed by atoms with Gasteiger partial charge >= 0.3 is 5.97 Å². The normalized spacial score (nSPS) is 11.8. The van der Waals surface area contributed by atoms with Crippen molar-refractivity contribution < 1.29 is 14.6 Å². The number of ether oxygens (including phenoxy) is 1. The summed E-state index contributed by atoms with van der Waals surface area (Å²) in [5.74, 6) is -0.345.